The third-order valence-corrected chi connectivity index (χ3v) is 5.46. The zero-order valence-electron chi connectivity index (χ0n) is 20.3. The Labute approximate surface area is 166 Å². The maximum Gasteiger partial charge on any atom is 0.0836 e. The van der Waals surface area contributed by atoms with Crippen LogP contribution in [0.15, 0.2) is 0 Å². The molecule has 0 atom stereocenters. The zero-order chi connectivity index (χ0) is 20.5. The summed E-state index contributed by atoms with van der Waals surface area (Å²) >= 11 is 0. The average molecular weight is 375 g/mol. The Balaban J connectivity index is 3.78. The van der Waals surface area contributed by atoms with Crippen molar-refractivity contribution in [2.75, 3.05) is 110 Å². The lowest BCUT2D eigenvalue weighted by molar-refractivity contribution is -0.902. The van der Waals surface area contributed by atoms with Crippen LogP contribution in [0.5, 0.6) is 0 Å². The molecular weight excluding hydrogens is 320 g/mol. The van der Waals surface area contributed by atoms with E-state index in [1.165, 1.54) is 86.8 Å². The smallest absolute Gasteiger partial charge is 0.0836 e. The van der Waals surface area contributed by atoms with E-state index in [9.17, 15) is 0 Å². The summed E-state index contributed by atoms with van der Waals surface area (Å²) in [6.45, 7) is 7.85. The Bertz CT molecular complexity index is 325. The molecule has 0 amide bonds. The van der Waals surface area contributed by atoms with Crippen LogP contribution in [-0.2, 0) is 0 Å². The summed E-state index contributed by atoms with van der Waals surface area (Å²) in [5.74, 6) is 0. The van der Waals surface area contributed by atoms with E-state index in [0.717, 1.165) is 8.97 Å². The highest BCUT2D eigenvalue weighted by atomic mass is 15.3. The van der Waals surface area contributed by atoms with Gasteiger partial charge in [-0.3, -0.25) is 0 Å². The van der Waals surface area contributed by atoms with Crippen LogP contribution in [0.1, 0.15) is 38.5 Å². The van der Waals surface area contributed by atoms with Gasteiger partial charge < -0.3 is 17.9 Å². The molecule has 0 aromatic heterocycles. The van der Waals surface area contributed by atoms with E-state index in [1.807, 2.05) is 0 Å². The molecule has 0 fully saturated rings. The predicted octanol–water partition coefficient (Wildman–Crippen LogP) is 2.89. The van der Waals surface area contributed by atoms with Gasteiger partial charge in [-0.05, 0) is 25.7 Å². The Morgan fingerprint density at radius 3 is 0.846 bits per heavy atom. The molecule has 0 radical (unpaired) electrons. The molecule has 0 aliphatic carbocycles. The second-order valence-electron chi connectivity index (χ2n) is 11.9. The second kappa shape index (κ2) is 11.0. The fraction of sp³-hybridized carbons (Fsp3) is 1.00. The SMILES string of the molecule is C[N+](C)(C)CCC[N+](C)(C)CCCCCC[N+](C)(C)CCC[N+](C)(C)C. The minimum Gasteiger partial charge on any atom is -0.331 e. The monoisotopic (exact) mass is 374 g/mol. The van der Waals surface area contributed by atoms with Gasteiger partial charge in [0.15, 0.2) is 0 Å². The molecule has 4 heteroatoms. The van der Waals surface area contributed by atoms with Gasteiger partial charge in [0.1, 0.15) is 0 Å². The standard InChI is InChI=1S/C22H54N4/c1-23(2,3)17-15-21-25(7,8)19-13-11-12-14-20-26(9,10)22-16-18-24(4,5)6/h11-22H2,1-10H3/q+4. The van der Waals surface area contributed by atoms with Gasteiger partial charge in [-0.2, -0.15) is 0 Å². The van der Waals surface area contributed by atoms with Crippen molar-refractivity contribution in [2.45, 2.75) is 38.5 Å². The topological polar surface area (TPSA) is 0 Å². The molecule has 0 aromatic rings. The molecule has 0 bridgehead atoms. The number of hydrogen-bond donors (Lipinski definition) is 0. The molecule has 0 aromatic carbocycles. The van der Waals surface area contributed by atoms with Crippen LogP contribution in [0, 0.1) is 0 Å². The number of nitrogens with zero attached hydrogens (tertiary/aromatic N) is 4. The fourth-order valence-electron chi connectivity index (χ4n) is 3.60. The number of quaternary nitrogens is 4. The largest absolute Gasteiger partial charge is 0.331 e. The highest BCUT2D eigenvalue weighted by Gasteiger charge is 2.18. The van der Waals surface area contributed by atoms with Crippen LogP contribution in [0.25, 0.3) is 0 Å². The summed E-state index contributed by atoms with van der Waals surface area (Å²) in [7, 11) is 23.4. The van der Waals surface area contributed by atoms with Gasteiger partial charge in [-0.15, -0.1) is 0 Å². The molecule has 0 spiro atoms. The van der Waals surface area contributed by atoms with Crippen molar-refractivity contribution in [1.82, 2.24) is 0 Å². The van der Waals surface area contributed by atoms with Gasteiger partial charge >= 0.3 is 0 Å². The van der Waals surface area contributed by atoms with E-state index in [1.54, 1.807) is 0 Å². The summed E-state index contributed by atoms with van der Waals surface area (Å²) < 4.78 is 4.55. The normalized spacial score (nSPS) is 14.1. The first-order chi connectivity index (χ1) is 11.6. The Morgan fingerprint density at radius 1 is 0.308 bits per heavy atom. The Hall–Kier alpha value is -0.160. The molecule has 0 rings (SSSR count). The third kappa shape index (κ3) is 17.3. The zero-order valence-corrected chi connectivity index (χ0v) is 20.3. The van der Waals surface area contributed by atoms with Crippen molar-refractivity contribution in [1.29, 1.82) is 0 Å². The lowest BCUT2D eigenvalue weighted by Crippen LogP contribution is -2.44. The highest BCUT2D eigenvalue weighted by molar-refractivity contribution is 4.46. The first kappa shape index (κ1) is 25.8. The highest BCUT2D eigenvalue weighted by Crippen LogP contribution is 2.10. The van der Waals surface area contributed by atoms with E-state index in [2.05, 4.69) is 70.5 Å². The predicted molar refractivity (Wildman–Crippen MR) is 117 cm³/mol. The summed E-state index contributed by atoms with van der Waals surface area (Å²) in [6, 6.07) is 0. The van der Waals surface area contributed by atoms with Crippen molar-refractivity contribution in [3.05, 3.63) is 0 Å². The molecule has 26 heavy (non-hydrogen) atoms. The fourth-order valence-corrected chi connectivity index (χ4v) is 3.60. The molecule has 0 saturated carbocycles. The van der Waals surface area contributed by atoms with Crippen LogP contribution in [-0.4, -0.2) is 128 Å². The molecule has 0 N–H and O–H groups in total. The van der Waals surface area contributed by atoms with Crippen LogP contribution < -0.4 is 0 Å². The summed E-state index contributed by atoms with van der Waals surface area (Å²) in [4.78, 5) is 0. The molecule has 0 saturated heterocycles. The van der Waals surface area contributed by atoms with Gasteiger partial charge in [0.2, 0.25) is 0 Å². The maximum atomic E-state index is 2.41. The van der Waals surface area contributed by atoms with Crippen molar-refractivity contribution >= 4 is 0 Å². The molecule has 0 unspecified atom stereocenters. The third-order valence-electron chi connectivity index (χ3n) is 5.46. The van der Waals surface area contributed by atoms with Crippen LogP contribution in [0.3, 0.4) is 0 Å². The lowest BCUT2D eigenvalue weighted by atomic mass is 10.1. The quantitative estimate of drug-likeness (QED) is 0.305. The van der Waals surface area contributed by atoms with Gasteiger partial charge in [0, 0.05) is 12.8 Å². The van der Waals surface area contributed by atoms with E-state index in [-0.39, 0.29) is 0 Å². The van der Waals surface area contributed by atoms with Crippen molar-refractivity contribution in [2.24, 2.45) is 0 Å². The van der Waals surface area contributed by atoms with Crippen LogP contribution in [0.4, 0.5) is 0 Å². The van der Waals surface area contributed by atoms with Crippen molar-refractivity contribution in [3.8, 4) is 0 Å². The summed E-state index contributed by atoms with van der Waals surface area (Å²) in [5, 5.41) is 0. The van der Waals surface area contributed by atoms with Crippen LogP contribution >= 0.6 is 0 Å². The lowest BCUT2D eigenvalue weighted by Gasteiger charge is -2.32. The minimum absolute atomic E-state index is 1.09. The molecule has 4 nitrogen and oxygen atoms in total. The second-order valence-corrected chi connectivity index (χ2v) is 11.9. The Morgan fingerprint density at radius 2 is 0.577 bits per heavy atom. The number of unbranched alkanes of at least 4 members (excludes halogenated alkanes) is 3. The summed E-state index contributed by atoms with van der Waals surface area (Å²) in [6.07, 6.45) is 8.22. The first-order valence-electron chi connectivity index (χ1n) is 10.9. The van der Waals surface area contributed by atoms with Gasteiger partial charge in [0.25, 0.3) is 0 Å². The van der Waals surface area contributed by atoms with E-state index < -0.39 is 0 Å². The molecule has 0 heterocycles. The molecule has 0 aliphatic heterocycles. The van der Waals surface area contributed by atoms with Gasteiger partial charge in [0.05, 0.1) is 110 Å². The number of rotatable bonds is 15. The molecule has 0 aliphatic rings. The average Bonchev–Trinajstić information content (AvgIpc) is 2.39. The van der Waals surface area contributed by atoms with E-state index in [0.29, 0.717) is 0 Å². The maximum absolute atomic E-state index is 2.41. The first-order valence-corrected chi connectivity index (χ1v) is 10.9. The summed E-state index contributed by atoms with van der Waals surface area (Å²) in [5.41, 5.74) is 0. The molecule has 158 valence electrons. The van der Waals surface area contributed by atoms with E-state index >= 15 is 0 Å². The molecular formula is C22H54N4+4. The van der Waals surface area contributed by atoms with Crippen molar-refractivity contribution in [3.63, 3.8) is 0 Å². The van der Waals surface area contributed by atoms with E-state index in [4.69, 9.17) is 0 Å². The Kier molecular flexibility index (Phi) is 10.9. The van der Waals surface area contributed by atoms with Gasteiger partial charge in [-0.1, -0.05) is 0 Å². The minimum atomic E-state index is 1.09. The van der Waals surface area contributed by atoms with Crippen molar-refractivity contribution < 1.29 is 17.9 Å². The van der Waals surface area contributed by atoms with Gasteiger partial charge in [-0.25, -0.2) is 0 Å². The van der Waals surface area contributed by atoms with Crippen LogP contribution in [0.2, 0.25) is 0 Å². The number of hydrogen-bond acceptors (Lipinski definition) is 0.